The first-order valence-electron chi connectivity index (χ1n) is 9.41. The van der Waals surface area contributed by atoms with Crippen molar-refractivity contribution in [2.45, 2.75) is 38.8 Å². The molecule has 0 aromatic heterocycles. The summed E-state index contributed by atoms with van der Waals surface area (Å²) >= 11 is 0. The van der Waals surface area contributed by atoms with Gasteiger partial charge in [-0.25, -0.2) is 4.79 Å². The fraction of sp³-hybridized carbons (Fsp3) is 0.381. The lowest BCUT2D eigenvalue weighted by Crippen LogP contribution is -2.40. The third-order valence-corrected chi connectivity index (χ3v) is 5.20. The number of halogens is 3. The summed E-state index contributed by atoms with van der Waals surface area (Å²) in [7, 11) is 0. The lowest BCUT2D eigenvalue weighted by Gasteiger charge is -2.32. The molecule has 0 unspecified atom stereocenters. The summed E-state index contributed by atoms with van der Waals surface area (Å²) in [4.78, 5) is 16.2. The van der Waals surface area contributed by atoms with Crippen molar-refractivity contribution in [1.29, 1.82) is 0 Å². The van der Waals surface area contributed by atoms with Gasteiger partial charge >= 0.3 is 12.5 Å². The first kappa shape index (κ1) is 19.6. The Balaban J connectivity index is 1.54. The van der Waals surface area contributed by atoms with Gasteiger partial charge in [-0.15, -0.1) is 13.2 Å². The highest BCUT2D eigenvalue weighted by Crippen LogP contribution is 2.33. The van der Waals surface area contributed by atoms with E-state index in [1.165, 1.54) is 12.1 Å². The smallest absolute Gasteiger partial charge is 0.447 e. The molecule has 29 heavy (non-hydrogen) atoms. The standard InChI is InChI=1S/C21H21F3N2O3/c1-14-2-5-16-12-25(9-8-17-13-28-20(27)26(17)19(16)10-14)11-15-3-6-18(7-4-15)29-21(22,23)24/h2-7,10,17H,8-9,11-13H2,1H3/t17-/m0/s1. The summed E-state index contributed by atoms with van der Waals surface area (Å²) in [6.45, 7) is 4.31. The fourth-order valence-corrected chi connectivity index (χ4v) is 3.84. The van der Waals surface area contributed by atoms with E-state index < -0.39 is 6.36 Å². The number of rotatable bonds is 3. The van der Waals surface area contributed by atoms with Gasteiger partial charge in [-0.2, -0.15) is 0 Å². The molecule has 0 N–H and O–H groups in total. The Hall–Kier alpha value is -2.74. The van der Waals surface area contributed by atoms with Crippen LogP contribution < -0.4 is 9.64 Å². The van der Waals surface area contributed by atoms with Crippen LogP contribution in [0, 0.1) is 6.92 Å². The van der Waals surface area contributed by atoms with Crippen molar-refractivity contribution in [3.63, 3.8) is 0 Å². The summed E-state index contributed by atoms with van der Waals surface area (Å²) in [5.74, 6) is -0.230. The molecular formula is C21H21F3N2O3. The van der Waals surface area contributed by atoms with Crippen LogP contribution in [-0.2, 0) is 17.8 Å². The molecule has 0 bridgehead atoms. The van der Waals surface area contributed by atoms with Crippen LogP contribution in [-0.4, -0.2) is 36.5 Å². The number of hydrogen-bond acceptors (Lipinski definition) is 4. The van der Waals surface area contributed by atoms with E-state index in [1.807, 2.05) is 25.1 Å². The van der Waals surface area contributed by atoms with Gasteiger partial charge in [-0.1, -0.05) is 24.3 Å². The van der Waals surface area contributed by atoms with Gasteiger partial charge in [-0.05, 0) is 48.2 Å². The van der Waals surface area contributed by atoms with Gasteiger partial charge in [0.2, 0.25) is 0 Å². The number of amides is 1. The maximum absolute atomic E-state index is 12.3. The predicted molar refractivity (Wildman–Crippen MR) is 101 cm³/mol. The van der Waals surface area contributed by atoms with Gasteiger partial charge in [0.05, 0.1) is 11.7 Å². The van der Waals surface area contributed by atoms with Gasteiger partial charge in [0.15, 0.2) is 0 Å². The van der Waals surface area contributed by atoms with E-state index in [2.05, 4.69) is 9.64 Å². The van der Waals surface area contributed by atoms with E-state index in [9.17, 15) is 18.0 Å². The molecule has 0 spiro atoms. The molecule has 2 aromatic rings. The SMILES string of the molecule is Cc1ccc2c(c1)N1C(=O)OC[C@@H]1CCN(Cc1ccc(OC(F)(F)F)cc1)C2. The summed E-state index contributed by atoms with van der Waals surface area (Å²) in [6.07, 6.45) is -4.25. The molecule has 1 amide bonds. The average Bonchev–Trinajstić information content (AvgIpc) is 3.00. The molecular weight excluding hydrogens is 385 g/mol. The number of carbonyl (C=O) groups is 1. The number of ether oxygens (including phenoxy) is 2. The first-order valence-corrected chi connectivity index (χ1v) is 9.41. The zero-order valence-electron chi connectivity index (χ0n) is 15.9. The fourth-order valence-electron chi connectivity index (χ4n) is 3.84. The first-order chi connectivity index (χ1) is 13.8. The number of benzene rings is 2. The highest BCUT2D eigenvalue weighted by atomic mass is 19.4. The van der Waals surface area contributed by atoms with Crippen LogP contribution in [0.1, 0.15) is 23.1 Å². The van der Waals surface area contributed by atoms with Crippen molar-refractivity contribution < 1.29 is 27.4 Å². The number of cyclic esters (lactones) is 1. The lowest BCUT2D eigenvalue weighted by atomic mass is 10.0. The number of anilines is 1. The number of carbonyl (C=O) groups excluding carboxylic acids is 1. The van der Waals surface area contributed by atoms with Crippen molar-refractivity contribution in [3.8, 4) is 5.75 Å². The number of alkyl halides is 3. The molecule has 1 atom stereocenters. The zero-order valence-corrected chi connectivity index (χ0v) is 15.9. The lowest BCUT2D eigenvalue weighted by molar-refractivity contribution is -0.274. The molecule has 0 aliphatic carbocycles. The molecule has 2 aliphatic heterocycles. The Bertz CT molecular complexity index is 899. The second-order valence-electron chi connectivity index (χ2n) is 7.42. The highest BCUT2D eigenvalue weighted by molar-refractivity contribution is 5.91. The van der Waals surface area contributed by atoms with E-state index in [0.717, 1.165) is 35.3 Å². The quantitative estimate of drug-likeness (QED) is 0.746. The minimum absolute atomic E-state index is 0.0200. The zero-order chi connectivity index (χ0) is 20.6. The largest absolute Gasteiger partial charge is 0.573 e. The predicted octanol–water partition coefficient (Wildman–Crippen LogP) is 4.62. The van der Waals surface area contributed by atoms with E-state index in [4.69, 9.17) is 4.74 Å². The maximum Gasteiger partial charge on any atom is 0.573 e. The molecule has 4 rings (SSSR count). The summed E-state index contributed by atoms with van der Waals surface area (Å²) in [5, 5.41) is 0. The molecule has 2 heterocycles. The number of aryl methyl sites for hydroxylation is 1. The number of fused-ring (bicyclic) bond motifs is 3. The van der Waals surface area contributed by atoms with Crippen LogP contribution in [0.5, 0.6) is 5.75 Å². The van der Waals surface area contributed by atoms with Crippen LogP contribution >= 0.6 is 0 Å². The van der Waals surface area contributed by atoms with Gasteiger partial charge < -0.3 is 9.47 Å². The van der Waals surface area contributed by atoms with Crippen molar-refractivity contribution >= 4 is 11.8 Å². The second-order valence-corrected chi connectivity index (χ2v) is 7.42. The van der Waals surface area contributed by atoms with Crippen molar-refractivity contribution in [3.05, 3.63) is 59.2 Å². The van der Waals surface area contributed by atoms with Gasteiger partial charge in [0.1, 0.15) is 12.4 Å². The van der Waals surface area contributed by atoms with E-state index in [1.54, 1.807) is 17.0 Å². The van der Waals surface area contributed by atoms with Gasteiger partial charge in [-0.3, -0.25) is 9.80 Å². The maximum atomic E-state index is 12.3. The van der Waals surface area contributed by atoms with Gasteiger partial charge in [0, 0.05) is 19.6 Å². The molecule has 0 radical (unpaired) electrons. The van der Waals surface area contributed by atoms with Gasteiger partial charge in [0.25, 0.3) is 0 Å². The molecule has 1 saturated heterocycles. The summed E-state index contributed by atoms with van der Waals surface area (Å²) in [6, 6.07) is 12.0. The second kappa shape index (κ2) is 7.59. The molecule has 1 fully saturated rings. The van der Waals surface area contributed by atoms with Crippen LogP contribution in [0.3, 0.4) is 0 Å². The van der Waals surface area contributed by atoms with Crippen LogP contribution in [0.15, 0.2) is 42.5 Å². The number of nitrogens with zero attached hydrogens (tertiary/aromatic N) is 2. The monoisotopic (exact) mass is 406 g/mol. The van der Waals surface area contributed by atoms with Crippen molar-refractivity contribution in [1.82, 2.24) is 4.90 Å². The van der Waals surface area contributed by atoms with Crippen LogP contribution in [0.25, 0.3) is 0 Å². The molecule has 154 valence electrons. The molecule has 2 aliphatic rings. The average molecular weight is 406 g/mol. The van der Waals surface area contributed by atoms with E-state index in [-0.39, 0.29) is 17.9 Å². The van der Waals surface area contributed by atoms with Crippen LogP contribution in [0.2, 0.25) is 0 Å². The Morgan fingerprint density at radius 1 is 1.17 bits per heavy atom. The van der Waals surface area contributed by atoms with Crippen LogP contribution in [0.4, 0.5) is 23.7 Å². The minimum atomic E-state index is -4.70. The Labute approximate surface area is 166 Å². The minimum Gasteiger partial charge on any atom is -0.447 e. The summed E-state index contributed by atoms with van der Waals surface area (Å²) < 4.78 is 46.2. The Morgan fingerprint density at radius 2 is 1.93 bits per heavy atom. The molecule has 5 nitrogen and oxygen atoms in total. The summed E-state index contributed by atoms with van der Waals surface area (Å²) in [5.41, 5.74) is 3.85. The molecule has 8 heteroatoms. The van der Waals surface area contributed by atoms with E-state index in [0.29, 0.717) is 19.7 Å². The van der Waals surface area contributed by atoms with Crippen molar-refractivity contribution in [2.24, 2.45) is 0 Å². The van der Waals surface area contributed by atoms with E-state index >= 15 is 0 Å². The topological polar surface area (TPSA) is 42.0 Å². The Kier molecular flexibility index (Phi) is 5.12. The number of hydrogen-bond donors (Lipinski definition) is 0. The highest BCUT2D eigenvalue weighted by Gasteiger charge is 2.37. The third-order valence-electron chi connectivity index (χ3n) is 5.20. The van der Waals surface area contributed by atoms with Crippen molar-refractivity contribution in [2.75, 3.05) is 18.1 Å². The Morgan fingerprint density at radius 3 is 2.66 bits per heavy atom. The normalized spacial score (nSPS) is 19.8. The molecule has 2 aromatic carbocycles. The third kappa shape index (κ3) is 4.48. The molecule has 0 saturated carbocycles.